The molecule has 0 aliphatic heterocycles. The molecule has 0 saturated carbocycles. The van der Waals surface area contributed by atoms with Crippen LogP contribution >= 0.6 is 0 Å². The lowest BCUT2D eigenvalue weighted by Gasteiger charge is -2.03. The van der Waals surface area contributed by atoms with Crippen LogP contribution in [0.5, 0.6) is 0 Å². The van der Waals surface area contributed by atoms with Gasteiger partial charge in [0.15, 0.2) is 5.82 Å². The maximum atomic E-state index is 13.3. The first-order valence-electron chi connectivity index (χ1n) is 4.07. The molecule has 6 heteroatoms. The molecule has 0 amide bonds. The predicted octanol–water partition coefficient (Wildman–Crippen LogP) is 0.860. The normalized spacial score (nSPS) is 9.87. The summed E-state index contributed by atoms with van der Waals surface area (Å²) >= 11 is 0. The number of nitrogen functional groups attached to an aromatic ring is 1. The van der Waals surface area contributed by atoms with Crippen molar-refractivity contribution in [2.75, 3.05) is 5.73 Å². The number of hydrogen-bond acceptors (Lipinski definition) is 4. The summed E-state index contributed by atoms with van der Waals surface area (Å²) in [5.74, 6) is -0.431. The van der Waals surface area contributed by atoms with Crippen LogP contribution in [-0.2, 0) is 0 Å². The van der Waals surface area contributed by atoms with Crippen LogP contribution in [0.1, 0.15) is 5.56 Å². The van der Waals surface area contributed by atoms with Gasteiger partial charge in [-0.2, -0.15) is 10.4 Å². The first-order valence-corrected chi connectivity index (χ1v) is 4.07. The van der Waals surface area contributed by atoms with Gasteiger partial charge in [0.2, 0.25) is 0 Å². The van der Waals surface area contributed by atoms with Crippen molar-refractivity contribution < 1.29 is 4.39 Å². The minimum atomic E-state index is -0.545. The van der Waals surface area contributed by atoms with E-state index in [0.29, 0.717) is 0 Å². The lowest BCUT2D eigenvalue weighted by molar-refractivity contribution is 0.605. The molecule has 0 aromatic carbocycles. The molecule has 74 valence electrons. The van der Waals surface area contributed by atoms with Crippen LogP contribution < -0.4 is 5.73 Å². The highest BCUT2D eigenvalue weighted by atomic mass is 19.1. The molecule has 0 atom stereocenters. The highest BCUT2D eigenvalue weighted by Crippen LogP contribution is 2.17. The number of halogens is 1. The molecule has 0 radical (unpaired) electrons. The zero-order valence-electron chi connectivity index (χ0n) is 7.55. The second-order valence-corrected chi connectivity index (χ2v) is 2.79. The number of hydrogen-bond donors (Lipinski definition) is 1. The van der Waals surface area contributed by atoms with Crippen molar-refractivity contribution in [1.82, 2.24) is 14.8 Å². The zero-order valence-corrected chi connectivity index (χ0v) is 7.55. The Morgan fingerprint density at radius 1 is 1.47 bits per heavy atom. The third-order valence-electron chi connectivity index (χ3n) is 1.91. The number of rotatable bonds is 1. The minimum Gasteiger partial charge on any atom is -0.382 e. The topological polar surface area (TPSA) is 80.5 Å². The summed E-state index contributed by atoms with van der Waals surface area (Å²) < 4.78 is 14.5. The molecule has 5 nitrogen and oxygen atoms in total. The SMILES string of the molecule is N#Cc1cnn(-c2ccncc2F)c1N. The maximum absolute atomic E-state index is 13.3. The quantitative estimate of drug-likeness (QED) is 0.745. The van der Waals surface area contributed by atoms with Crippen LogP contribution in [0.15, 0.2) is 24.7 Å². The average molecular weight is 203 g/mol. The fourth-order valence-electron chi connectivity index (χ4n) is 1.18. The molecule has 0 aliphatic rings. The molecule has 2 heterocycles. The molecule has 15 heavy (non-hydrogen) atoms. The van der Waals surface area contributed by atoms with Crippen molar-refractivity contribution in [3.05, 3.63) is 36.0 Å². The molecular formula is C9H6FN5. The summed E-state index contributed by atoms with van der Waals surface area (Å²) in [5, 5.41) is 12.5. The average Bonchev–Trinajstić information content (AvgIpc) is 2.60. The number of nitriles is 1. The first-order chi connectivity index (χ1) is 7.24. The number of nitrogens with zero attached hydrogens (tertiary/aromatic N) is 4. The van der Waals surface area contributed by atoms with Gasteiger partial charge in [0, 0.05) is 6.20 Å². The molecular weight excluding hydrogens is 197 g/mol. The van der Waals surface area contributed by atoms with Crippen LogP contribution in [0.2, 0.25) is 0 Å². The second kappa shape index (κ2) is 3.38. The molecule has 0 bridgehead atoms. The van der Waals surface area contributed by atoms with E-state index in [1.54, 1.807) is 0 Å². The fraction of sp³-hybridized carbons (Fsp3) is 0. The zero-order chi connectivity index (χ0) is 10.8. The van der Waals surface area contributed by atoms with E-state index in [2.05, 4.69) is 10.1 Å². The van der Waals surface area contributed by atoms with E-state index in [4.69, 9.17) is 11.0 Å². The Hall–Kier alpha value is -2.42. The lowest BCUT2D eigenvalue weighted by Crippen LogP contribution is -2.04. The van der Waals surface area contributed by atoms with Gasteiger partial charge in [-0.25, -0.2) is 9.07 Å². The van der Waals surface area contributed by atoms with Crippen LogP contribution in [0.4, 0.5) is 10.2 Å². The van der Waals surface area contributed by atoms with Gasteiger partial charge in [0.1, 0.15) is 23.1 Å². The summed E-state index contributed by atoms with van der Waals surface area (Å²) in [6.45, 7) is 0. The van der Waals surface area contributed by atoms with Gasteiger partial charge in [-0.3, -0.25) is 4.98 Å². The monoisotopic (exact) mass is 203 g/mol. The van der Waals surface area contributed by atoms with Crippen molar-refractivity contribution >= 4 is 5.82 Å². The summed E-state index contributed by atoms with van der Waals surface area (Å²) in [6, 6.07) is 3.29. The highest BCUT2D eigenvalue weighted by molar-refractivity contribution is 5.52. The Balaban J connectivity index is 2.61. The van der Waals surface area contributed by atoms with Crippen LogP contribution in [0.25, 0.3) is 5.69 Å². The Bertz CT molecular complexity index is 540. The van der Waals surface area contributed by atoms with E-state index in [-0.39, 0.29) is 17.1 Å². The maximum Gasteiger partial charge on any atom is 0.167 e. The Labute approximate surface area is 84.6 Å². The summed E-state index contributed by atoms with van der Waals surface area (Å²) in [5.41, 5.74) is 5.99. The Morgan fingerprint density at radius 3 is 2.87 bits per heavy atom. The molecule has 2 N–H and O–H groups in total. The molecule has 0 fully saturated rings. The van der Waals surface area contributed by atoms with E-state index in [1.807, 2.05) is 6.07 Å². The second-order valence-electron chi connectivity index (χ2n) is 2.79. The third-order valence-corrected chi connectivity index (χ3v) is 1.91. The molecule has 0 saturated heterocycles. The van der Waals surface area contributed by atoms with Crippen molar-refractivity contribution in [2.24, 2.45) is 0 Å². The van der Waals surface area contributed by atoms with Crippen LogP contribution in [0, 0.1) is 17.1 Å². The smallest absolute Gasteiger partial charge is 0.167 e. The Morgan fingerprint density at radius 2 is 2.27 bits per heavy atom. The Kier molecular flexibility index (Phi) is 2.06. The summed E-state index contributed by atoms with van der Waals surface area (Å²) in [4.78, 5) is 3.61. The molecule has 2 aromatic rings. The molecule has 2 rings (SSSR count). The van der Waals surface area contributed by atoms with E-state index in [1.165, 1.54) is 18.5 Å². The third kappa shape index (κ3) is 1.40. The number of nitrogens with two attached hydrogens (primary N) is 1. The standard InChI is InChI=1S/C9H6FN5/c10-7-5-13-2-1-8(7)15-9(12)6(3-11)4-14-15/h1-2,4-5H,12H2. The van der Waals surface area contributed by atoms with E-state index >= 15 is 0 Å². The predicted molar refractivity (Wildman–Crippen MR) is 50.4 cm³/mol. The summed E-state index contributed by atoms with van der Waals surface area (Å²) in [6.07, 6.45) is 3.77. The molecule has 0 unspecified atom stereocenters. The highest BCUT2D eigenvalue weighted by Gasteiger charge is 2.11. The molecule has 0 aliphatic carbocycles. The van der Waals surface area contributed by atoms with Gasteiger partial charge in [0.25, 0.3) is 0 Å². The van der Waals surface area contributed by atoms with Gasteiger partial charge in [0.05, 0.1) is 12.4 Å². The van der Waals surface area contributed by atoms with Gasteiger partial charge in [-0.05, 0) is 6.07 Å². The van der Waals surface area contributed by atoms with Crippen molar-refractivity contribution in [3.63, 3.8) is 0 Å². The van der Waals surface area contributed by atoms with Crippen molar-refractivity contribution in [3.8, 4) is 11.8 Å². The minimum absolute atomic E-state index is 0.114. The van der Waals surface area contributed by atoms with Gasteiger partial charge in [-0.1, -0.05) is 0 Å². The van der Waals surface area contributed by atoms with Crippen LogP contribution in [-0.4, -0.2) is 14.8 Å². The van der Waals surface area contributed by atoms with E-state index in [0.717, 1.165) is 10.9 Å². The first kappa shape index (κ1) is 9.15. The van der Waals surface area contributed by atoms with Crippen molar-refractivity contribution in [2.45, 2.75) is 0 Å². The van der Waals surface area contributed by atoms with Crippen LogP contribution in [0.3, 0.4) is 0 Å². The van der Waals surface area contributed by atoms with Crippen molar-refractivity contribution in [1.29, 1.82) is 5.26 Å². The molecule has 2 aromatic heterocycles. The van der Waals surface area contributed by atoms with E-state index in [9.17, 15) is 4.39 Å². The molecule has 0 spiro atoms. The van der Waals surface area contributed by atoms with Gasteiger partial charge >= 0.3 is 0 Å². The number of aromatic nitrogens is 3. The lowest BCUT2D eigenvalue weighted by atomic mass is 10.3. The van der Waals surface area contributed by atoms with E-state index < -0.39 is 5.82 Å². The fourth-order valence-corrected chi connectivity index (χ4v) is 1.18. The number of anilines is 1. The number of pyridine rings is 1. The largest absolute Gasteiger partial charge is 0.382 e. The summed E-state index contributed by atoms with van der Waals surface area (Å²) in [7, 11) is 0. The van der Waals surface area contributed by atoms with Gasteiger partial charge in [-0.15, -0.1) is 0 Å². The van der Waals surface area contributed by atoms with Gasteiger partial charge < -0.3 is 5.73 Å².